The standard InChI is InChI=1S/C22H23N3O/c1-25-18-12-13-20(25)22(21-23-15-24-26-21,17-10-6-3-7-11-17)19(14-18)16-8-4-2-5-9-16/h2-11,15,18-20H,12-14H2,1H3/t18-,19?,20+,22?/m0/s1. The number of likely N-dealkylation sites (N-methyl/N-ethyl adjacent to an activating group) is 1. The van der Waals surface area contributed by atoms with Crippen molar-refractivity contribution in [3.8, 4) is 0 Å². The molecule has 0 saturated carbocycles. The first-order valence-corrected chi connectivity index (χ1v) is 9.41. The highest BCUT2D eigenvalue weighted by molar-refractivity contribution is 5.44. The van der Waals surface area contributed by atoms with Crippen LogP contribution in [0.5, 0.6) is 0 Å². The summed E-state index contributed by atoms with van der Waals surface area (Å²) in [5.41, 5.74) is 2.32. The number of piperidine rings is 1. The summed E-state index contributed by atoms with van der Waals surface area (Å²) in [6.45, 7) is 0. The minimum atomic E-state index is -0.319. The van der Waals surface area contributed by atoms with Gasteiger partial charge in [0.05, 0.1) is 5.41 Å². The highest BCUT2D eigenvalue weighted by Crippen LogP contribution is 2.57. The smallest absolute Gasteiger partial charge is 0.239 e. The number of nitrogens with zero attached hydrogens (tertiary/aromatic N) is 3. The quantitative estimate of drug-likeness (QED) is 0.719. The zero-order valence-corrected chi connectivity index (χ0v) is 15.0. The molecule has 0 N–H and O–H groups in total. The Balaban J connectivity index is 1.80. The number of aromatic nitrogens is 2. The van der Waals surface area contributed by atoms with Crippen LogP contribution < -0.4 is 0 Å². The summed E-state index contributed by atoms with van der Waals surface area (Å²) in [5, 5.41) is 4.00. The van der Waals surface area contributed by atoms with E-state index in [-0.39, 0.29) is 5.41 Å². The number of hydrogen-bond acceptors (Lipinski definition) is 4. The maximum atomic E-state index is 5.79. The molecular weight excluding hydrogens is 322 g/mol. The van der Waals surface area contributed by atoms with Gasteiger partial charge in [-0.25, -0.2) is 0 Å². The minimum absolute atomic E-state index is 0.319. The largest absolute Gasteiger partial charge is 0.339 e. The van der Waals surface area contributed by atoms with E-state index in [2.05, 4.69) is 82.8 Å². The van der Waals surface area contributed by atoms with E-state index in [0.717, 1.165) is 18.7 Å². The van der Waals surface area contributed by atoms with Gasteiger partial charge in [0.25, 0.3) is 0 Å². The summed E-state index contributed by atoms with van der Waals surface area (Å²) < 4.78 is 5.79. The van der Waals surface area contributed by atoms with Crippen molar-refractivity contribution >= 4 is 0 Å². The van der Waals surface area contributed by atoms with Crippen molar-refractivity contribution < 1.29 is 4.52 Å². The van der Waals surface area contributed by atoms with Gasteiger partial charge in [0.2, 0.25) is 5.89 Å². The summed E-state index contributed by atoms with van der Waals surface area (Å²) in [6.07, 6.45) is 5.03. The van der Waals surface area contributed by atoms with E-state index in [0.29, 0.717) is 18.0 Å². The topological polar surface area (TPSA) is 42.2 Å². The fraction of sp³-hybridized carbons (Fsp3) is 0.364. The van der Waals surface area contributed by atoms with Crippen molar-refractivity contribution in [2.24, 2.45) is 0 Å². The highest BCUT2D eigenvalue weighted by atomic mass is 16.5. The van der Waals surface area contributed by atoms with Crippen molar-refractivity contribution in [2.75, 3.05) is 7.05 Å². The molecule has 4 atom stereocenters. The molecule has 1 aromatic heterocycles. The second kappa shape index (κ2) is 6.06. The molecule has 4 heteroatoms. The molecule has 0 spiro atoms. The Morgan fingerprint density at radius 3 is 2.42 bits per heavy atom. The van der Waals surface area contributed by atoms with Gasteiger partial charge in [0.15, 0.2) is 6.33 Å². The lowest BCUT2D eigenvalue weighted by Crippen LogP contribution is -2.57. The Morgan fingerprint density at radius 2 is 1.73 bits per heavy atom. The van der Waals surface area contributed by atoms with Gasteiger partial charge in [-0.3, -0.25) is 4.90 Å². The molecule has 3 heterocycles. The maximum absolute atomic E-state index is 5.79. The molecule has 3 aromatic rings. The van der Waals surface area contributed by atoms with Gasteiger partial charge >= 0.3 is 0 Å². The molecule has 26 heavy (non-hydrogen) atoms. The van der Waals surface area contributed by atoms with Gasteiger partial charge < -0.3 is 4.52 Å². The Kier molecular flexibility index (Phi) is 3.68. The molecule has 0 aliphatic carbocycles. The van der Waals surface area contributed by atoms with E-state index in [1.807, 2.05) is 0 Å². The zero-order valence-electron chi connectivity index (χ0n) is 15.0. The highest BCUT2D eigenvalue weighted by Gasteiger charge is 2.60. The van der Waals surface area contributed by atoms with E-state index in [4.69, 9.17) is 4.52 Å². The van der Waals surface area contributed by atoms with Crippen molar-refractivity contribution in [1.29, 1.82) is 0 Å². The summed E-state index contributed by atoms with van der Waals surface area (Å²) in [5.74, 6) is 1.06. The Morgan fingerprint density at radius 1 is 1.00 bits per heavy atom. The Labute approximate surface area is 153 Å². The van der Waals surface area contributed by atoms with E-state index in [9.17, 15) is 0 Å². The summed E-state index contributed by atoms with van der Waals surface area (Å²) in [4.78, 5) is 7.16. The number of hydrogen-bond donors (Lipinski definition) is 0. The van der Waals surface area contributed by atoms with Crippen molar-refractivity contribution in [2.45, 2.75) is 42.7 Å². The molecule has 132 valence electrons. The normalized spacial score (nSPS) is 31.2. The lowest BCUT2D eigenvalue weighted by Gasteiger charge is -2.51. The first-order chi connectivity index (χ1) is 12.8. The van der Waals surface area contributed by atoms with Crippen LogP contribution in [0.2, 0.25) is 0 Å². The molecule has 2 unspecified atom stereocenters. The van der Waals surface area contributed by atoms with Crippen LogP contribution in [-0.4, -0.2) is 34.2 Å². The minimum Gasteiger partial charge on any atom is -0.339 e. The van der Waals surface area contributed by atoms with Crippen molar-refractivity contribution in [3.63, 3.8) is 0 Å². The van der Waals surface area contributed by atoms with Crippen LogP contribution in [0, 0.1) is 0 Å². The van der Waals surface area contributed by atoms with Crippen LogP contribution in [-0.2, 0) is 5.41 Å². The first kappa shape index (κ1) is 15.8. The van der Waals surface area contributed by atoms with Crippen LogP contribution in [0.3, 0.4) is 0 Å². The monoisotopic (exact) mass is 345 g/mol. The van der Waals surface area contributed by atoms with Gasteiger partial charge in [-0.15, -0.1) is 0 Å². The van der Waals surface area contributed by atoms with Gasteiger partial charge in [-0.1, -0.05) is 65.8 Å². The molecule has 4 nitrogen and oxygen atoms in total. The van der Waals surface area contributed by atoms with Crippen molar-refractivity contribution in [1.82, 2.24) is 15.0 Å². The molecule has 2 saturated heterocycles. The van der Waals surface area contributed by atoms with E-state index >= 15 is 0 Å². The number of rotatable bonds is 3. The second-order valence-corrected chi connectivity index (χ2v) is 7.59. The molecule has 2 bridgehead atoms. The predicted octanol–water partition coefficient (Wildman–Crippen LogP) is 4.01. The summed E-state index contributed by atoms with van der Waals surface area (Å²) >= 11 is 0. The lowest BCUT2D eigenvalue weighted by molar-refractivity contribution is 0.0724. The summed E-state index contributed by atoms with van der Waals surface area (Å²) in [7, 11) is 2.26. The molecule has 0 radical (unpaired) electrons. The molecule has 2 aliphatic heterocycles. The predicted molar refractivity (Wildman–Crippen MR) is 99.9 cm³/mol. The third-order valence-electron chi connectivity index (χ3n) is 6.59. The Bertz CT molecular complexity index is 865. The molecule has 2 fully saturated rings. The van der Waals surface area contributed by atoms with E-state index in [1.54, 1.807) is 6.33 Å². The fourth-order valence-corrected chi connectivity index (χ4v) is 5.50. The van der Waals surface area contributed by atoms with E-state index < -0.39 is 0 Å². The van der Waals surface area contributed by atoms with Crippen molar-refractivity contribution in [3.05, 3.63) is 84.0 Å². The zero-order chi connectivity index (χ0) is 17.6. The molecule has 0 amide bonds. The van der Waals surface area contributed by atoms with Crippen LogP contribution in [0.25, 0.3) is 0 Å². The first-order valence-electron chi connectivity index (χ1n) is 9.41. The molecule has 5 rings (SSSR count). The van der Waals surface area contributed by atoms with Gasteiger partial charge in [-0.2, -0.15) is 4.98 Å². The molecule has 2 aliphatic rings. The van der Waals surface area contributed by atoms with Gasteiger partial charge in [0.1, 0.15) is 0 Å². The van der Waals surface area contributed by atoms with Gasteiger partial charge in [-0.05, 0) is 37.4 Å². The average Bonchev–Trinajstić information content (AvgIpc) is 3.31. The number of benzene rings is 2. The van der Waals surface area contributed by atoms with E-state index in [1.165, 1.54) is 17.5 Å². The maximum Gasteiger partial charge on any atom is 0.239 e. The third kappa shape index (κ3) is 2.12. The Hall–Kier alpha value is -2.46. The summed E-state index contributed by atoms with van der Waals surface area (Å²) in [6, 6.07) is 22.6. The third-order valence-corrected chi connectivity index (χ3v) is 6.59. The fourth-order valence-electron chi connectivity index (χ4n) is 5.50. The lowest BCUT2D eigenvalue weighted by atomic mass is 9.60. The molecular formula is C22H23N3O. The van der Waals surface area contributed by atoms with Crippen LogP contribution in [0.1, 0.15) is 42.2 Å². The van der Waals surface area contributed by atoms with Crippen LogP contribution in [0.15, 0.2) is 71.5 Å². The van der Waals surface area contributed by atoms with Crippen LogP contribution in [0.4, 0.5) is 0 Å². The second-order valence-electron chi connectivity index (χ2n) is 7.59. The molecule has 2 aromatic carbocycles. The average molecular weight is 345 g/mol. The number of fused-ring (bicyclic) bond motifs is 2. The van der Waals surface area contributed by atoms with Crippen LogP contribution >= 0.6 is 0 Å². The SMILES string of the molecule is CN1[C@H]2CC[C@@H]1C(c1ccccc1)(c1ncno1)C(c1ccccc1)C2. The van der Waals surface area contributed by atoms with Gasteiger partial charge in [0, 0.05) is 18.0 Å².